The Bertz CT molecular complexity index is 493. The number of halogens is 1. The number of carbonyl (C=O) groups excluding carboxylic acids is 1. The Hall–Kier alpha value is -1.26. The lowest BCUT2D eigenvalue weighted by Crippen LogP contribution is -2.33. The van der Waals surface area contributed by atoms with Crippen molar-refractivity contribution < 1.29 is 18.4 Å². The monoisotopic (exact) mass is 261 g/mol. The van der Waals surface area contributed by atoms with Gasteiger partial charge in [-0.15, -0.1) is 12.4 Å². The van der Waals surface area contributed by atoms with Gasteiger partial charge in [-0.25, -0.2) is 0 Å². The minimum Gasteiger partial charge on any atom is -0.454 e. The van der Waals surface area contributed by atoms with Gasteiger partial charge in [0.15, 0.2) is 17.3 Å². The first-order valence-corrected chi connectivity index (χ1v) is 5.12. The van der Waals surface area contributed by atoms with Crippen molar-refractivity contribution in [3.63, 3.8) is 0 Å². The normalized spacial score (nSPS) is 17.4. The van der Waals surface area contributed by atoms with Crippen LogP contribution in [0.3, 0.4) is 0 Å². The number of hydrogen-bond donors (Lipinski definition) is 1. The van der Waals surface area contributed by atoms with Gasteiger partial charge in [-0.3, -0.25) is 4.79 Å². The van der Waals surface area contributed by atoms with Crippen LogP contribution in [0.2, 0.25) is 0 Å². The number of nitrogens with one attached hydrogen (secondary N) is 1. The molecule has 0 bridgehead atoms. The highest BCUT2D eigenvalue weighted by molar-refractivity contribution is 6.00. The summed E-state index contributed by atoms with van der Waals surface area (Å²) in [5.74, 6) is 0.833. The Labute approximate surface area is 111 Å². The van der Waals surface area contributed by atoms with Crippen LogP contribution in [0.5, 0.6) is 11.5 Å². The summed E-state index contributed by atoms with van der Waals surface area (Å²) in [5.41, 5.74) is 0.410. The first-order valence-electron chi connectivity index (χ1n) is 6.62. The minimum atomic E-state index is -2.34. The molecule has 1 aliphatic rings. The van der Waals surface area contributed by atoms with Crippen molar-refractivity contribution in [1.29, 1.82) is 0 Å². The van der Waals surface area contributed by atoms with E-state index in [9.17, 15) is 4.79 Å². The molecule has 0 spiro atoms. The summed E-state index contributed by atoms with van der Waals surface area (Å²) < 4.78 is 31.9. The first kappa shape index (κ1) is 9.74. The van der Waals surface area contributed by atoms with E-state index in [1.54, 1.807) is 25.1 Å². The fraction of sp³-hybridized carbons (Fsp3) is 0.417. The zero-order chi connectivity index (χ0) is 14.0. The number of Topliss-reactive ketones (excluding diaryl/α,β-unsaturated/α-hetero) is 1. The SMILES string of the molecule is Cl.[2H][13C]([2H])([2H])NC(CC)C(=O)c1ccc2c(c1)OCO2. The average Bonchev–Trinajstić information content (AvgIpc) is 2.81. The van der Waals surface area contributed by atoms with Gasteiger partial charge in [0.25, 0.3) is 0 Å². The van der Waals surface area contributed by atoms with E-state index in [4.69, 9.17) is 13.6 Å². The Morgan fingerprint density at radius 1 is 1.53 bits per heavy atom. The number of benzene rings is 1. The molecule has 0 aromatic heterocycles. The van der Waals surface area contributed by atoms with Crippen molar-refractivity contribution in [2.75, 3.05) is 13.8 Å². The maximum atomic E-state index is 12.2. The summed E-state index contributed by atoms with van der Waals surface area (Å²) in [5, 5.41) is 2.35. The van der Waals surface area contributed by atoms with E-state index >= 15 is 0 Å². The second kappa shape index (κ2) is 5.89. The quantitative estimate of drug-likeness (QED) is 0.665. The number of carbonyl (C=O) groups is 1. The van der Waals surface area contributed by atoms with Crippen molar-refractivity contribution in [2.24, 2.45) is 0 Å². The number of likely N-dealkylation sites (N-methyl/N-ethyl adjacent to an activating group) is 1. The topological polar surface area (TPSA) is 47.6 Å². The fourth-order valence-corrected chi connectivity index (χ4v) is 1.60. The van der Waals surface area contributed by atoms with E-state index in [0.29, 0.717) is 23.5 Å². The van der Waals surface area contributed by atoms with Crippen LogP contribution in [-0.4, -0.2) is 25.6 Å². The molecule has 0 amide bonds. The second-order valence-corrected chi connectivity index (χ2v) is 3.54. The third-order valence-electron chi connectivity index (χ3n) is 2.56. The van der Waals surface area contributed by atoms with Crippen LogP contribution >= 0.6 is 12.4 Å². The number of ketones is 1. The number of hydrogen-bond acceptors (Lipinski definition) is 4. The van der Waals surface area contributed by atoms with Gasteiger partial charge in [0.05, 0.1) is 6.04 Å². The molecule has 1 atom stereocenters. The van der Waals surface area contributed by atoms with Gasteiger partial charge < -0.3 is 14.8 Å². The lowest BCUT2D eigenvalue weighted by Gasteiger charge is -2.12. The smallest absolute Gasteiger partial charge is 0.231 e. The highest BCUT2D eigenvalue weighted by atomic mass is 35.5. The third-order valence-corrected chi connectivity index (χ3v) is 2.56. The van der Waals surface area contributed by atoms with Crippen LogP contribution in [0, 0.1) is 0 Å². The predicted molar refractivity (Wildman–Crippen MR) is 67.3 cm³/mol. The van der Waals surface area contributed by atoms with Crippen molar-refractivity contribution in [2.45, 2.75) is 19.4 Å². The molecule has 5 heteroatoms. The van der Waals surface area contributed by atoms with E-state index in [1.165, 1.54) is 0 Å². The molecule has 1 heterocycles. The molecule has 1 N–H and O–H groups in total. The summed E-state index contributed by atoms with van der Waals surface area (Å²) in [6.07, 6.45) is 0.395. The molecule has 17 heavy (non-hydrogen) atoms. The summed E-state index contributed by atoms with van der Waals surface area (Å²) >= 11 is 0. The molecule has 1 aliphatic heterocycles. The van der Waals surface area contributed by atoms with E-state index in [0.717, 1.165) is 0 Å². The van der Waals surface area contributed by atoms with Gasteiger partial charge in [0.2, 0.25) is 6.79 Å². The maximum absolute atomic E-state index is 12.2. The molecule has 0 aliphatic carbocycles. The predicted octanol–water partition coefficient (Wildman–Crippen LogP) is 2.02. The lowest BCUT2D eigenvalue weighted by atomic mass is 10.0. The molecule has 0 radical (unpaired) electrons. The van der Waals surface area contributed by atoms with Crippen LogP contribution in [0.15, 0.2) is 18.2 Å². The van der Waals surface area contributed by atoms with Crippen molar-refractivity contribution >= 4 is 18.2 Å². The van der Waals surface area contributed by atoms with Gasteiger partial charge in [-0.05, 0) is 31.6 Å². The Morgan fingerprint density at radius 3 is 3.00 bits per heavy atom. The van der Waals surface area contributed by atoms with Crippen molar-refractivity contribution in [3.8, 4) is 11.5 Å². The molecule has 1 unspecified atom stereocenters. The molecule has 1 aromatic rings. The first-order chi connectivity index (χ1) is 8.90. The molecule has 0 saturated heterocycles. The molecular weight excluding hydrogens is 243 g/mol. The fourth-order valence-electron chi connectivity index (χ4n) is 1.60. The zero-order valence-corrected chi connectivity index (χ0v) is 10.2. The second-order valence-electron chi connectivity index (χ2n) is 3.54. The molecule has 0 saturated carbocycles. The van der Waals surface area contributed by atoms with E-state index in [1.807, 2.05) is 0 Å². The van der Waals surface area contributed by atoms with Crippen LogP contribution in [0.4, 0.5) is 0 Å². The number of ether oxygens (including phenoxy) is 2. The zero-order valence-electron chi connectivity index (χ0n) is 12.4. The summed E-state index contributed by atoms with van der Waals surface area (Å²) in [6.45, 7) is -0.446. The summed E-state index contributed by atoms with van der Waals surface area (Å²) in [4.78, 5) is 12.2. The summed E-state index contributed by atoms with van der Waals surface area (Å²) in [7, 11) is 0. The Kier molecular flexibility index (Phi) is 3.37. The average molecular weight is 262 g/mol. The van der Waals surface area contributed by atoms with Crippen molar-refractivity contribution in [3.05, 3.63) is 23.8 Å². The molecule has 0 fully saturated rings. The lowest BCUT2D eigenvalue weighted by molar-refractivity contribution is 0.0944. The Morgan fingerprint density at radius 2 is 2.29 bits per heavy atom. The van der Waals surface area contributed by atoms with Crippen molar-refractivity contribution in [1.82, 2.24) is 5.32 Å². The number of rotatable bonds is 4. The highest BCUT2D eigenvalue weighted by Gasteiger charge is 2.20. The third kappa shape index (κ3) is 2.70. The van der Waals surface area contributed by atoms with E-state index in [-0.39, 0.29) is 25.0 Å². The molecule has 1 aromatic carbocycles. The number of fused-ring (bicyclic) bond motifs is 1. The highest BCUT2D eigenvalue weighted by Crippen LogP contribution is 2.32. The van der Waals surface area contributed by atoms with Gasteiger partial charge in [0.1, 0.15) is 0 Å². The summed E-state index contributed by atoms with van der Waals surface area (Å²) in [6, 6.07) is 4.10. The van der Waals surface area contributed by atoms with E-state index < -0.39 is 13.0 Å². The van der Waals surface area contributed by atoms with Gasteiger partial charge in [-0.1, -0.05) is 6.92 Å². The molecule has 94 valence electrons. The maximum Gasteiger partial charge on any atom is 0.231 e. The Balaban J connectivity index is 0.00000200. The van der Waals surface area contributed by atoms with Crippen LogP contribution < -0.4 is 14.8 Å². The standard InChI is InChI=1S/C12H15NO3.ClH/c1-3-9(13-2)12(14)8-4-5-10-11(6-8)16-7-15-10;/h4-6,9,13H,3,7H2,1-2H3;1H/i2+1D3;. The van der Waals surface area contributed by atoms with Gasteiger partial charge in [0, 0.05) is 9.68 Å². The van der Waals surface area contributed by atoms with Crippen LogP contribution in [0.25, 0.3) is 0 Å². The van der Waals surface area contributed by atoms with Gasteiger partial charge >= 0.3 is 0 Å². The van der Waals surface area contributed by atoms with E-state index in [2.05, 4.69) is 5.32 Å². The largest absolute Gasteiger partial charge is 0.454 e. The molecular formula is C12H16ClNO3. The minimum absolute atomic E-state index is 0. The van der Waals surface area contributed by atoms with Crippen LogP contribution in [-0.2, 0) is 0 Å². The molecule has 4 nitrogen and oxygen atoms in total. The molecule has 2 rings (SSSR count). The van der Waals surface area contributed by atoms with Gasteiger partial charge in [-0.2, -0.15) is 0 Å². The van der Waals surface area contributed by atoms with Crippen LogP contribution in [0.1, 0.15) is 27.8 Å².